The second-order valence-corrected chi connectivity index (χ2v) is 4.20. The number of hydrogen-bond acceptors (Lipinski definition) is 3. The van der Waals surface area contributed by atoms with E-state index in [1.807, 2.05) is 6.07 Å². The van der Waals surface area contributed by atoms with E-state index in [1.165, 1.54) is 18.5 Å². The predicted molar refractivity (Wildman–Crippen MR) is 61.5 cm³/mol. The van der Waals surface area contributed by atoms with E-state index in [0.29, 0.717) is 5.92 Å². The minimum atomic E-state index is -0.256. The van der Waals surface area contributed by atoms with Crippen LogP contribution in [0.3, 0.4) is 0 Å². The van der Waals surface area contributed by atoms with Gasteiger partial charge in [-0.2, -0.15) is 5.10 Å². The van der Waals surface area contributed by atoms with Gasteiger partial charge in [0.25, 0.3) is 0 Å². The summed E-state index contributed by atoms with van der Waals surface area (Å²) in [6.07, 6.45) is 2.58. The van der Waals surface area contributed by atoms with Crippen LogP contribution in [0.1, 0.15) is 18.2 Å². The molecule has 2 aromatic rings. The Morgan fingerprint density at radius 2 is 2.35 bits per heavy atom. The van der Waals surface area contributed by atoms with Gasteiger partial charge in [-0.25, -0.2) is 14.1 Å². The monoisotopic (exact) mass is 232 g/mol. The van der Waals surface area contributed by atoms with Gasteiger partial charge in [0.1, 0.15) is 18.0 Å². The zero-order chi connectivity index (χ0) is 11.7. The molecule has 3 rings (SSSR count). The molecule has 1 aliphatic rings. The molecule has 0 spiro atoms. The maximum atomic E-state index is 13.2. The fraction of sp³-hybridized carbons (Fsp3) is 0.333. The summed E-state index contributed by atoms with van der Waals surface area (Å²) in [7, 11) is 0. The molecule has 0 radical (unpaired) electrons. The third kappa shape index (κ3) is 1.93. The molecule has 4 nitrogen and oxygen atoms in total. The molecule has 88 valence electrons. The van der Waals surface area contributed by atoms with Crippen molar-refractivity contribution in [1.82, 2.24) is 20.1 Å². The largest absolute Gasteiger partial charge is 0.316 e. The van der Waals surface area contributed by atoms with E-state index in [1.54, 1.807) is 10.7 Å². The van der Waals surface area contributed by atoms with Crippen LogP contribution >= 0.6 is 0 Å². The van der Waals surface area contributed by atoms with E-state index in [-0.39, 0.29) is 5.82 Å². The maximum Gasteiger partial charge on any atom is 0.138 e. The Bertz CT molecular complexity index is 517. The molecule has 1 saturated heterocycles. The molecule has 0 saturated carbocycles. The fourth-order valence-electron chi connectivity index (χ4n) is 2.21. The fourth-order valence-corrected chi connectivity index (χ4v) is 2.21. The molecular weight excluding hydrogens is 219 g/mol. The topological polar surface area (TPSA) is 42.7 Å². The van der Waals surface area contributed by atoms with Gasteiger partial charge in [0.2, 0.25) is 0 Å². The van der Waals surface area contributed by atoms with Crippen molar-refractivity contribution in [3.05, 3.63) is 42.2 Å². The summed E-state index contributed by atoms with van der Waals surface area (Å²) in [5, 5.41) is 7.48. The number of nitrogens with zero attached hydrogens (tertiary/aromatic N) is 3. The summed E-state index contributed by atoms with van der Waals surface area (Å²) in [6, 6.07) is 6.42. The third-order valence-corrected chi connectivity index (χ3v) is 3.05. The number of hydrogen-bond donors (Lipinski definition) is 1. The van der Waals surface area contributed by atoms with Crippen LogP contribution in [0.25, 0.3) is 5.69 Å². The van der Waals surface area contributed by atoms with Gasteiger partial charge in [0, 0.05) is 12.5 Å². The van der Waals surface area contributed by atoms with Gasteiger partial charge >= 0.3 is 0 Å². The molecule has 1 aromatic carbocycles. The molecule has 1 aliphatic heterocycles. The predicted octanol–water partition coefficient (Wildman–Crippen LogP) is 1.48. The molecule has 5 heteroatoms. The van der Waals surface area contributed by atoms with E-state index in [9.17, 15) is 4.39 Å². The molecule has 17 heavy (non-hydrogen) atoms. The zero-order valence-corrected chi connectivity index (χ0v) is 9.31. The summed E-state index contributed by atoms with van der Waals surface area (Å²) in [5.74, 6) is 1.01. The van der Waals surface area contributed by atoms with E-state index in [4.69, 9.17) is 0 Å². The first-order chi connectivity index (χ1) is 8.34. The molecule has 1 aromatic heterocycles. The Hall–Kier alpha value is -1.75. The first-order valence-electron chi connectivity index (χ1n) is 5.71. The Balaban J connectivity index is 2.00. The van der Waals surface area contributed by atoms with Crippen molar-refractivity contribution >= 4 is 0 Å². The van der Waals surface area contributed by atoms with Crippen molar-refractivity contribution in [2.45, 2.75) is 12.3 Å². The number of halogens is 1. The number of aromatic nitrogens is 3. The van der Waals surface area contributed by atoms with Gasteiger partial charge in [0.15, 0.2) is 0 Å². The highest BCUT2D eigenvalue weighted by Gasteiger charge is 2.22. The van der Waals surface area contributed by atoms with Crippen molar-refractivity contribution in [3.63, 3.8) is 0 Å². The van der Waals surface area contributed by atoms with Gasteiger partial charge in [-0.1, -0.05) is 6.07 Å². The Labute approximate surface area is 98.5 Å². The minimum absolute atomic E-state index is 0.256. The Morgan fingerprint density at radius 1 is 1.41 bits per heavy atom. The maximum absolute atomic E-state index is 13.2. The van der Waals surface area contributed by atoms with Crippen molar-refractivity contribution in [2.24, 2.45) is 0 Å². The van der Waals surface area contributed by atoms with E-state index in [0.717, 1.165) is 31.0 Å². The Kier molecular flexibility index (Phi) is 2.60. The first kappa shape index (κ1) is 10.4. The molecule has 0 aliphatic carbocycles. The quantitative estimate of drug-likeness (QED) is 0.853. The van der Waals surface area contributed by atoms with Crippen LogP contribution in [-0.4, -0.2) is 27.9 Å². The molecule has 0 bridgehead atoms. The van der Waals surface area contributed by atoms with Gasteiger partial charge in [-0.15, -0.1) is 0 Å². The minimum Gasteiger partial charge on any atom is -0.316 e. The van der Waals surface area contributed by atoms with Crippen LogP contribution in [-0.2, 0) is 0 Å². The lowest BCUT2D eigenvalue weighted by Gasteiger charge is -2.10. The second-order valence-electron chi connectivity index (χ2n) is 4.20. The molecule has 1 N–H and O–H groups in total. The van der Waals surface area contributed by atoms with E-state index in [2.05, 4.69) is 15.4 Å². The van der Waals surface area contributed by atoms with Crippen LogP contribution in [0.2, 0.25) is 0 Å². The smallest absolute Gasteiger partial charge is 0.138 e. The van der Waals surface area contributed by atoms with Crippen molar-refractivity contribution in [2.75, 3.05) is 13.1 Å². The average Bonchev–Trinajstić information content (AvgIpc) is 3.00. The molecule has 1 unspecified atom stereocenters. The van der Waals surface area contributed by atoms with Gasteiger partial charge in [0.05, 0.1) is 5.69 Å². The second kappa shape index (κ2) is 4.25. The molecule has 1 atom stereocenters. The molecule has 2 heterocycles. The summed E-state index contributed by atoms with van der Waals surface area (Å²) in [6.45, 7) is 1.91. The zero-order valence-electron chi connectivity index (χ0n) is 9.31. The third-order valence-electron chi connectivity index (χ3n) is 3.05. The summed E-state index contributed by atoms with van der Waals surface area (Å²) >= 11 is 0. The standard InChI is InChI=1S/C12H13FN4/c13-10-2-1-3-11(6-10)17-12(15-8-16-17)9-4-5-14-7-9/h1-3,6,8-9,14H,4-5,7H2. The molecule has 1 fully saturated rings. The van der Waals surface area contributed by atoms with Gasteiger partial charge in [-0.05, 0) is 31.2 Å². The average molecular weight is 232 g/mol. The van der Waals surface area contributed by atoms with Gasteiger partial charge in [-0.3, -0.25) is 0 Å². The SMILES string of the molecule is Fc1cccc(-n2ncnc2C2CCNC2)c1. The summed E-state index contributed by atoms with van der Waals surface area (Å²) < 4.78 is 14.9. The van der Waals surface area contributed by atoms with Crippen LogP contribution in [0.15, 0.2) is 30.6 Å². The lowest BCUT2D eigenvalue weighted by Crippen LogP contribution is -2.12. The summed E-state index contributed by atoms with van der Waals surface area (Å²) in [5.41, 5.74) is 0.726. The van der Waals surface area contributed by atoms with Crippen molar-refractivity contribution in [3.8, 4) is 5.69 Å². The lowest BCUT2D eigenvalue weighted by atomic mass is 10.1. The number of nitrogens with one attached hydrogen (secondary N) is 1. The highest BCUT2D eigenvalue weighted by molar-refractivity contribution is 5.32. The van der Waals surface area contributed by atoms with Crippen LogP contribution < -0.4 is 5.32 Å². The van der Waals surface area contributed by atoms with Gasteiger partial charge < -0.3 is 5.32 Å². The normalized spacial score (nSPS) is 19.7. The number of rotatable bonds is 2. The highest BCUT2D eigenvalue weighted by Crippen LogP contribution is 2.22. The van der Waals surface area contributed by atoms with Crippen LogP contribution in [0.4, 0.5) is 4.39 Å². The van der Waals surface area contributed by atoms with Crippen LogP contribution in [0, 0.1) is 5.82 Å². The highest BCUT2D eigenvalue weighted by atomic mass is 19.1. The Morgan fingerprint density at radius 3 is 3.12 bits per heavy atom. The van der Waals surface area contributed by atoms with E-state index < -0.39 is 0 Å². The number of benzene rings is 1. The molecule has 0 amide bonds. The lowest BCUT2D eigenvalue weighted by molar-refractivity contribution is 0.620. The van der Waals surface area contributed by atoms with Crippen LogP contribution in [0.5, 0.6) is 0 Å². The summed E-state index contributed by atoms with van der Waals surface area (Å²) in [4.78, 5) is 4.29. The molecular formula is C12H13FN4. The van der Waals surface area contributed by atoms with E-state index >= 15 is 0 Å². The van der Waals surface area contributed by atoms with Crippen molar-refractivity contribution < 1.29 is 4.39 Å². The van der Waals surface area contributed by atoms with Crippen molar-refractivity contribution in [1.29, 1.82) is 0 Å². The first-order valence-corrected chi connectivity index (χ1v) is 5.71.